The van der Waals surface area contributed by atoms with Crippen LogP contribution < -0.4 is 5.73 Å². The highest BCUT2D eigenvalue weighted by Crippen LogP contribution is 2.36. The Kier molecular flexibility index (Phi) is 5.95. The number of hydrogen-bond donors (Lipinski definition) is 1. The first kappa shape index (κ1) is 22.1. The van der Waals surface area contributed by atoms with Crippen molar-refractivity contribution in [3.63, 3.8) is 0 Å². The van der Waals surface area contributed by atoms with Gasteiger partial charge in [-0.3, -0.25) is 0 Å². The molecule has 2 unspecified atom stereocenters. The van der Waals surface area contributed by atoms with E-state index >= 15 is 0 Å². The lowest BCUT2D eigenvalue weighted by molar-refractivity contribution is 0.317. The summed E-state index contributed by atoms with van der Waals surface area (Å²) in [5, 5.41) is 1.15. The molecule has 5 rings (SSSR count). The number of fused-ring (bicyclic) bond motifs is 1. The monoisotopic (exact) mass is 480 g/mol. The average Bonchev–Trinajstić information content (AvgIpc) is 3.21. The molecule has 0 amide bonds. The van der Waals surface area contributed by atoms with E-state index in [1.165, 1.54) is 3.97 Å². The highest BCUT2D eigenvalue weighted by molar-refractivity contribution is 7.90. The van der Waals surface area contributed by atoms with Crippen LogP contribution in [0.4, 0.5) is 0 Å². The normalized spacial score (nSPS) is 19.1. The molecule has 33 heavy (non-hydrogen) atoms. The molecule has 8 heteroatoms. The molecule has 2 N–H and O–H groups in total. The number of hydrogen-bond acceptors (Lipinski definition) is 5. The van der Waals surface area contributed by atoms with E-state index in [2.05, 4.69) is 4.98 Å². The van der Waals surface area contributed by atoms with Crippen molar-refractivity contribution in [2.45, 2.75) is 43.0 Å². The lowest BCUT2D eigenvalue weighted by atomic mass is 9.84. The molecule has 1 saturated carbocycles. The fourth-order valence-electron chi connectivity index (χ4n) is 4.71. The third kappa shape index (κ3) is 4.28. The van der Waals surface area contributed by atoms with Crippen LogP contribution in [0.5, 0.6) is 0 Å². The number of halogens is 1. The Bertz CT molecular complexity index is 1400. The molecule has 2 atom stereocenters. The van der Waals surface area contributed by atoms with Gasteiger partial charge in [-0.15, -0.1) is 0 Å². The molecule has 1 aliphatic carbocycles. The van der Waals surface area contributed by atoms with Crippen LogP contribution in [0.3, 0.4) is 0 Å². The van der Waals surface area contributed by atoms with E-state index in [1.54, 1.807) is 48.8 Å². The summed E-state index contributed by atoms with van der Waals surface area (Å²) >= 11 is 6.53. The molecule has 0 spiro atoms. The number of benzene rings is 2. The third-order valence-corrected chi connectivity index (χ3v) is 8.29. The molecular weight excluding hydrogens is 456 g/mol. The predicted molar refractivity (Wildman–Crippen MR) is 131 cm³/mol. The summed E-state index contributed by atoms with van der Waals surface area (Å²) in [6.45, 7) is 0. The van der Waals surface area contributed by atoms with Crippen LogP contribution in [0, 0.1) is 5.92 Å². The first-order chi connectivity index (χ1) is 15.9. The van der Waals surface area contributed by atoms with Gasteiger partial charge in [0.15, 0.2) is 0 Å². The van der Waals surface area contributed by atoms with Gasteiger partial charge in [-0.1, -0.05) is 54.4 Å². The summed E-state index contributed by atoms with van der Waals surface area (Å²) in [7, 11) is -3.79. The van der Waals surface area contributed by atoms with Gasteiger partial charge in [0.25, 0.3) is 10.0 Å². The maximum Gasteiger partial charge on any atom is 0.268 e. The van der Waals surface area contributed by atoms with Crippen molar-refractivity contribution in [3.8, 4) is 11.3 Å². The predicted octanol–water partition coefficient (Wildman–Crippen LogP) is 5.05. The van der Waals surface area contributed by atoms with E-state index in [0.717, 1.165) is 37.5 Å². The Hall–Kier alpha value is -2.74. The molecule has 0 bridgehead atoms. The van der Waals surface area contributed by atoms with Crippen LogP contribution in [-0.2, 0) is 16.4 Å². The van der Waals surface area contributed by atoms with Crippen LogP contribution in [-0.4, -0.2) is 28.4 Å². The van der Waals surface area contributed by atoms with Gasteiger partial charge in [0.1, 0.15) is 5.82 Å². The summed E-state index contributed by atoms with van der Waals surface area (Å²) in [5.74, 6) is 1.15. The fourth-order valence-corrected chi connectivity index (χ4v) is 6.29. The molecule has 2 aromatic carbocycles. The first-order valence-corrected chi connectivity index (χ1v) is 12.9. The average molecular weight is 481 g/mol. The van der Waals surface area contributed by atoms with Crippen molar-refractivity contribution in [2.75, 3.05) is 0 Å². The fraction of sp³-hybridized carbons (Fsp3) is 0.280. The van der Waals surface area contributed by atoms with Crippen molar-refractivity contribution < 1.29 is 8.42 Å². The maximum absolute atomic E-state index is 13.4. The zero-order valence-electron chi connectivity index (χ0n) is 18.1. The molecular formula is C25H25ClN4O2S. The maximum atomic E-state index is 13.4. The summed E-state index contributed by atoms with van der Waals surface area (Å²) in [6, 6.07) is 16.0. The zero-order chi connectivity index (χ0) is 23.0. The number of nitrogens with zero attached hydrogens (tertiary/aromatic N) is 3. The smallest absolute Gasteiger partial charge is 0.268 e. The lowest BCUT2D eigenvalue weighted by Crippen LogP contribution is -2.29. The van der Waals surface area contributed by atoms with Gasteiger partial charge in [-0.25, -0.2) is 22.4 Å². The highest BCUT2D eigenvalue weighted by Gasteiger charge is 2.24. The van der Waals surface area contributed by atoms with Crippen molar-refractivity contribution >= 4 is 32.5 Å². The van der Waals surface area contributed by atoms with E-state index < -0.39 is 10.0 Å². The Balaban J connectivity index is 1.60. The van der Waals surface area contributed by atoms with E-state index in [-0.39, 0.29) is 10.9 Å². The molecule has 170 valence electrons. The van der Waals surface area contributed by atoms with Gasteiger partial charge in [0.05, 0.1) is 21.1 Å². The molecule has 1 aliphatic rings. The van der Waals surface area contributed by atoms with Crippen LogP contribution in [0.1, 0.15) is 31.5 Å². The molecule has 0 saturated heterocycles. The Labute approximate surface area is 198 Å². The van der Waals surface area contributed by atoms with E-state index in [4.69, 9.17) is 22.3 Å². The largest absolute Gasteiger partial charge is 0.328 e. The van der Waals surface area contributed by atoms with Crippen molar-refractivity contribution in [1.29, 1.82) is 0 Å². The molecule has 0 radical (unpaired) electrons. The van der Waals surface area contributed by atoms with Gasteiger partial charge in [0, 0.05) is 35.8 Å². The number of para-hydroxylation sites is 1. The number of nitrogens with two attached hydrogens (primary N) is 1. The molecule has 4 aromatic rings. The minimum absolute atomic E-state index is 0.223. The second-order valence-corrected chi connectivity index (χ2v) is 10.9. The van der Waals surface area contributed by atoms with Gasteiger partial charge in [-0.2, -0.15) is 0 Å². The minimum atomic E-state index is -3.79. The van der Waals surface area contributed by atoms with Gasteiger partial charge >= 0.3 is 0 Å². The quantitative estimate of drug-likeness (QED) is 0.431. The Morgan fingerprint density at radius 3 is 2.61 bits per heavy atom. The van der Waals surface area contributed by atoms with Crippen molar-refractivity contribution in [3.05, 3.63) is 77.8 Å². The van der Waals surface area contributed by atoms with Crippen LogP contribution in [0.25, 0.3) is 22.2 Å². The number of rotatable bonds is 5. The second kappa shape index (κ2) is 8.89. The van der Waals surface area contributed by atoms with E-state index in [9.17, 15) is 8.42 Å². The Morgan fingerprint density at radius 2 is 1.82 bits per heavy atom. The van der Waals surface area contributed by atoms with Crippen LogP contribution >= 0.6 is 11.6 Å². The summed E-state index contributed by atoms with van der Waals surface area (Å²) in [6.07, 6.45) is 8.23. The van der Waals surface area contributed by atoms with Gasteiger partial charge in [-0.05, 0) is 43.4 Å². The van der Waals surface area contributed by atoms with Crippen LogP contribution in [0.15, 0.2) is 71.9 Å². The Morgan fingerprint density at radius 1 is 1.06 bits per heavy atom. The summed E-state index contributed by atoms with van der Waals surface area (Å²) in [5.41, 5.74) is 7.94. The molecule has 6 nitrogen and oxygen atoms in total. The standard InChI is InChI=1S/C25H25ClN4O2S/c26-22-15-28-24(14-17-7-6-8-18(27)13-17)29-25(22)21-16-30(23-12-5-4-11-20(21)23)33(31,32)19-9-2-1-3-10-19/h1-5,9-12,15-18H,6-8,13-14,27H2. The minimum Gasteiger partial charge on any atom is -0.328 e. The van der Waals surface area contributed by atoms with Crippen molar-refractivity contribution in [1.82, 2.24) is 13.9 Å². The highest BCUT2D eigenvalue weighted by atomic mass is 35.5. The van der Waals surface area contributed by atoms with E-state index in [0.29, 0.717) is 33.5 Å². The zero-order valence-corrected chi connectivity index (χ0v) is 19.6. The summed E-state index contributed by atoms with van der Waals surface area (Å²) in [4.78, 5) is 9.47. The SMILES string of the molecule is NC1CCCC(Cc2ncc(Cl)c(-c3cn(S(=O)(=O)c4ccccc4)c4ccccc34)n2)C1. The number of aromatic nitrogens is 3. The van der Waals surface area contributed by atoms with Gasteiger partial charge < -0.3 is 5.73 Å². The topological polar surface area (TPSA) is 90.9 Å². The first-order valence-electron chi connectivity index (χ1n) is 11.1. The van der Waals surface area contributed by atoms with E-state index in [1.807, 2.05) is 18.2 Å². The van der Waals surface area contributed by atoms with Gasteiger partial charge in [0.2, 0.25) is 0 Å². The van der Waals surface area contributed by atoms with Crippen molar-refractivity contribution in [2.24, 2.45) is 11.7 Å². The molecule has 2 aromatic heterocycles. The lowest BCUT2D eigenvalue weighted by Gasteiger charge is -2.26. The second-order valence-electron chi connectivity index (χ2n) is 8.65. The van der Waals surface area contributed by atoms with Crippen LogP contribution in [0.2, 0.25) is 5.02 Å². The third-order valence-electron chi connectivity index (χ3n) is 6.32. The summed E-state index contributed by atoms with van der Waals surface area (Å²) < 4.78 is 28.2. The molecule has 2 heterocycles. The molecule has 0 aliphatic heterocycles. The molecule has 1 fully saturated rings.